The van der Waals surface area contributed by atoms with E-state index in [4.69, 9.17) is 4.74 Å². The summed E-state index contributed by atoms with van der Waals surface area (Å²) in [7, 11) is 2.04. The number of rotatable bonds is 4. The van der Waals surface area contributed by atoms with Crippen LogP contribution in [0.1, 0.15) is 30.6 Å². The van der Waals surface area contributed by atoms with Crippen LogP contribution in [0.25, 0.3) is 0 Å². The van der Waals surface area contributed by atoms with E-state index in [1.165, 1.54) is 30.6 Å². The van der Waals surface area contributed by atoms with Crippen molar-refractivity contribution in [1.29, 1.82) is 0 Å². The Hall–Kier alpha value is -0.450. The number of aromatic nitrogens is 1. The van der Waals surface area contributed by atoms with Gasteiger partial charge in [0.15, 0.2) is 0 Å². The topological polar surface area (TPSA) is 34.1 Å². The predicted molar refractivity (Wildman–Crippen MR) is 62.0 cm³/mol. The molecule has 0 atom stereocenters. The molecule has 0 radical (unpaired) electrons. The summed E-state index contributed by atoms with van der Waals surface area (Å²) < 4.78 is 5.86. The molecule has 0 bridgehead atoms. The minimum atomic E-state index is 0.455. The van der Waals surface area contributed by atoms with Crippen molar-refractivity contribution in [2.24, 2.45) is 0 Å². The highest BCUT2D eigenvalue weighted by Crippen LogP contribution is 2.22. The van der Waals surface area contributed by atoms with Gasteiger partial charge >= 0.3 is 0 Å². The first kappa shape index (κ1) is 11.0. The van der Waals surface area contributed by atoms with E-state index in [1.54, 1.807) is 11.3 Å². The highest BCUT2D eigenvalue weighted by molar-refractivity contribution is 7.09. The lowest BCUT2D eigenvalue weighted by Crippen LogP contribution is -2.32. The molecule has 1 saturated carbocycles. The van der Waals surface area contributed by atoms with E-state index in [1.807, 2.05) is 18.8 Å². The number of thiazole rings is 1. The number of nitrogens with one attached hydrogen (secondary N) is 1. The summed E-state index contributed by atoms with van der Waals surface area (Å²) in [6.45, 7) is 0.736. The normalized spacial score (nSPS) is 26.7. The van der Waals surface area contributed by atoms with Crippen molar-refractivity contribution in [2.45, 2.75) is 44.4 Å². The summed E-state index contributed by atoms with van der Waals surface area (Å²) in [6.07, 6.45) is 7.20. The molecule has 3 nitrogen and oxygen atoms in total. The van der Waals surface area contributed by atoms with E-state index < -0.39 is 0 Å². The molecule has 15 heavy (non-hydrogen) atoms. The maximum atomic E-state index is 5.86. The van der Waals surface area contributed by atoms with Crippen LogP contribution in [0.2, 0.25) is 0 Å². The maximum absolute atomic E-state index is 5.86. The van der Waals surface area contributed by atoms with Crippen LogP contribution in [0.4, 0.5) is 0 Å². The zero-order valence-electron chi connectivity index (χ0n) is 9.11. The van der Waals surface area contributed by atoms with Crippen LogP contribution >= 0.6 is 11.3 Å². The van der Waals surface area contributed by atoms with Crippen molar-refractivity contribution in [3.8, 4) is 0 Å². The van der Waals surface area contributed by atoms with Crippen molar-refractivity contribution in [3.05, 3.63) is 16.6 Å². The molecule has 2 rings (SSSR count). The van der Waals surface area contributed by atoms with Gasteiger partial charge in [0.1, 0.15) is 0 Å². The Kier molecular flexibility index (Phi) is 4.11. The van der Waals surface area contributed by atoms with Crippen LogP contribution in [0, 0.1) is 0 Å². The van der Waals surface area contributed by atoms with Crippen molar-refractivity contribution >= 4 is 11.3 Å². The molecule has 0 aliphatic heterocycles. The molecular formula is C11H18N2OS. The number of ether oxygens (including phenoxy) is 1. The molecule has 84 valence electrons. The second kappa shape index (κ2) is 5.58. The van der Waals surface area contributed by atoms with Crippen LogP contribution < -0.4 is 5.32 Å². The standard InChI is InChI=1S/C11H18N2OS/c1-12-9-2-4-10(5-3-9)14-7-11-6-13-8-15-11/h6,8-10,12H,2-5,7H2,1H3. The zero-order chi connectivity index (χ0) is 10.5. The first-order valence-corrected chi connectivity index (χ1v) is 6.42. The Morgan fingerprint density at radius 3 is 2.87 bits per heavy atom. The number of hydrogen-bond acceptors (Lipinski definition) is 4. The number of nitrogens with zero attached hydrogens (tertiary/aromatic N) is 1. The molecule has 1 N–H and O–H groups in total. The molecule has 0 aromatic carbocycles. The summed E-state index contributed by atoms with van der Waals surface area (Å²) in [5.74, 6) is 0. The molecule has 1 aliphatic carbocycles. The summed E-state index contributed by atoms with van der Waals surface area (Å²) in [5.41, 5.74) is 1.86. The van der Waals surface area contributed by atoms with Gasteiger partial charge in [0, 0.05) is 12.2 Å². The van der Waals surface area contributed by atoms with Gasteiger partial charge in [0.25, 0.3) is 0 Å². The quantitative estimate of drug-likeness (QED) is 0.854. The molecule has 4 heteroatoms. The van der Waals surface area contributed by atoms with E-state index in [-0.39, 0.29) is 0 Å². The van der Waals surface area contributed by atoms with Gasteiger partial charge in [-0.3, -0.25) is 4.98 Å². The highest BCUT2D eigenvalue weighted by Gasteiger charge is 2.20. The molecule has 1 aliphatic rings. The van der Waals surface area contributed by atoms with Gasteiger partial charge in [0.05, 0.1) is 23.1 Å². The summed E-state index contributed by atoms with van der Waals surface area (Å²) in [6, 6.07) is 0.702. The van der Waals surface area contributed by atoms with Gasteiger partial charge in [-0.25, -0.2) is 0 Å². The SMILES string of the molecule is CNC1CCC(OCc2cncs2)CC1. The van der Waals surface area contributed by atoms with E-state index >= 15 is 0 Å². The monoisotopic (exact) mass is 226 g/mol. The molecule has 1 fully saturated rings. The largest absolute Gasteiger partial charge is 0.373 e. The van der Waals surface area contributed by atoms with Gasteiger partial charge in [-0.1, -0.05) is 0 Å². The van der Waals surface area contributed by atoms with Crippen LogP contribution in [-0.2, 0) is 11.3 Å². The van der Waals surface area contributed by atoms with E-state index in [2.05, 4.69) is 10.3 Å². The Balaban J connectivity index is 1.69. The molecule has 0 unspecified atom stereocenters. The summed E-state index contributed by atoms with van der Waals surface area (Å²) in [5, 5.41) is 3.33. The lowest BCUT2D eigenvalue weighted by atomic mass is 9.93. The highest BCUT2D eigenvalue weighted by atomic mass is 32.1. The smallest absolute Gasteiger partial charge is 0.0829 e. The van der Waals surface area contributed by atoms with Crippen LogP contribution in [-0.4, -0.2) is 24.2 Å². The van der Waals surface area contributed by atoms with Crippen molar-refractivity contribution in [1.82, 2.24) is 10.3 Å². The Bertz CT molecular complexity index is 268. The average molecular weight is 226 g/mol. The Morgan fingerprint density at radius 1 is 1.47 bits per heavy atom. The second-order valence-corrected chi connectivity index (χ2v) is 5.01. The average Bonchev–Trinajstić information content (AvgIpc) is 2.80. The fourth-order valence-corrected chi connectivity index (χ4v) is 2.55. The third-order valence-corrected chi connectivity index (χ3v) is 3.78. The van der Waals surface area contributed by atoms with Crippen molar-refractivity contribution in [3.63, 3.8) is 0 Å². The van der Waals surface area contributed by atoms with Gasteiger partial charge < -0.3 is 10.1 Å². The summed E-state index contributed by atoms with van der Waals surface area (Å²) in [4.78, 5) is 5.27. The van der Waals surface area contributed by atoms with Gasteiger partial charge in [-0.05, 0) is 32.7 Å². The molecule has 1 aromatic heterocycles. The molecule has 0 saturated heterocycles. The van der Waals surface area contributed by atoms with Crippen molar-refractivity contribution < 1.29 is 4.74 Å². The zero-order valence-corrected chi connectivity index (χ0v) is 9.93. The molecule has 0 amide bonds. The fraction of sp³-hybridized carbons (Fsp3) is 0.727. The molecule has 1 aromatic rings. The maximum Gasteiger partial charge on any atom is 0.0829 e. The first-order valence-electron chi connectivity index (χ1n) is 5.54. The first-order chi connectivity index (χ1) is 7.38. The summed E-state index contributed by atoms with van der Waals surface area (Å²) >= 11 is 1.67. The fourth-order valence-electron chi connectivity index (χ4n) is 2.03. The van der Waals surface area contributed by atoms with Gasteiger partial charge in [-0.2, -0.15) is 0 Å². The molecular weight excluding hydrogens is 208 g/mol. The Labute approximate surface area is 94.9 Å². The van der Waals surface area contributed by atoms with Gasteiger partial charge in [-0.15, -0.1) is 11.3 Å². The van der Waals surface area contributed by atoms with E-state index in [9.17, 15) is 0 Å². The lowest BCUT2D eigenvalue weighted by Gasteiger charge is -2.28. The lowest BCUT2D eigenvalue weighted by molar-refractivity contribution is 0.0131. The van der Waals surface area contributed by atoms with E-state index in [0.717, 1.165) is 6.61 Å². The second-order valence-electron chi connectivity index (χ2n) is 4.04. The minimum absolute atomic E-state index is 0.455. The molecule has 0 spiro atoms. The van der Waals surface area contributed by atoms with Crippen LogP contribution in [0.15, 0.2) is 11.7 Å². The number of hydrogen-bond donors (Lipinski definition) is 1. The van der Waals surface area contributed by atoms with E-state index in [0.29, 0.717) is 12.1 Å². The Morgan fingerprint density at radius 2 is 2.27 bits per heavy atom. The van der Waals surface area contributed by atoms with Crippen LogP contribution in [0.3, 0.4) is 0 Å². The predicted octanol–water partition coefficient (Wildman–Crippen LogP) is 2.19. The van der Waals surface area contributed by atoms with Crippen LogP contribution in [0.5, 0.6) is 0 Å². The van der Waals surface area contributed by atoms with Crippen molar-refractivity contribution in [2.75, 3.05) is 7.05 Å². The molecule has 1 heterocycles. The third-order valence-electron chi connectivity index (χ3n) is 3.03. The van der Waals surface area contributed by atoms with Gasteiger partial charge in [0.2, 0.25) is 0 Å². The third kappa shape index (κ3) is 3.26. The minimum Gasteiger partial charge on any atom is -0.373 e.